The van der Waals surface area contributed by atoms with Gasteiger partial charge in [0, 0.05) is 5.92 Å². The van der Waals surface area contributed by atoms with Gasteiger partial charge in [-0.3, -0.25) is 9.59 Å². The molecule has 1 aromatic rings. The van der Waals surface area contributed by atoms with Crippen molar-refractivity contribution in [1.29, 1.82) is 5.26 Å². The molecule has 0 aliphatic rings. The molecule has 0 bridgehead atoms. The van der Waals surface area contributed by atoms with Gasteiger partial charge < -0.3 is 9.47 Å². The van der Waals surface area contributed by atoms with E-state index in [-0.39, 0.29) is 30.7 Å². The molecule has 0 N–H and O–H groups in total. The van der Waals surface area contributed by atoms with Gasteiger partial charge in [0.25, 0.3) is 0 Å². The van der Waals surface area contributed by atoms with Crippen molar-refractivity contribution in [1.82, 2.24) is 0 Å². The highest BCUT2D eigenvalue weighted by Gasteiger charge is 2.21. The first kappa shape index (κ1) is 16.7. The summed E-state index contributed by atoms with van der Waals surface area (Å²) in [5, 5.41) is 8.80. The monoisotopic (exact) mass is 289 g/mol. The molecule has 0 aliphatic heterocycles. The van der Waals surface area contributed by atoms with Gasteiger partial charge in [-0.25, -0.2) is 0 Å². The Morgan fingerprint density at radius 3 is 1.90 bits per heavy atom. The quantitative estimate of drug-likeness (QED) is 0.721. The number of hydrogen-bond donors (Lipinski definition) is 0. The summed E-state index contributed by atoms with van der Waals surface area (Å²) in [6.45, 7) is 4.08. The van der Waals surface area contributed by atoms with Crippen LogP contribution < -0.4 is 0 Å². The molecule has 0 amide bonds. The fourth-order valence-electron chi connectivity index (χ4n) is 1.98. The summed E-state index contributed by atoms with van der Waals surface area (Å²) in [7, 11) is 0. The number of benzene rings is 1. The van der Waals surface area contributed by atoms with Crippen LogP contribution in [0.5, 0.6) is 0 Å². The maximum absolute atomic E-state index is 11.7. The SMILES string of the molecule is CCOC(=O)CC(CC(=O)OCC)c1ccc(C#N)cc1. The van der Waals surface area contributed by atoms with Crippen LogP contribution in [0.4, 0.5) is 0 Å². The Morgan fingerprint density at radius 2 is 1.52 bits per heavy atom. The number of rotatable bonds is 7. The van der Waals surface area contributed by atoms with Crippen LogP contribution >= 0.6 is 0 Å². The van der Waals surface area contributed by atoms with Gasteiger partial charge in [0.05, 0.1) is 37.7 Å². The van der Waals surface area contributed by atoms with Gasteiger partial charge in [-0.2, -0.15) is 5.26 Å². The van der Waals surface area contributed by atoms with Crippen molar-refractivity contribution in [3.63, 3.8) is 0 Å². The lowest BCUT2D eigenvalue weighted by Gasteiger charge is -2.16. The molecule has 0 radical (unpaired) electrons. The van der Waals surface area contributed by atoms with E-state index >= 15 is 0 Å². The fraction of sp³-hybridized carbons (Fsp3) is 0.438. The number of hydrogen-bond acceptors (Lipinski definition) is 5. The molecule has 112 valence electrons. The Kier molecular flexibility index (Phi) is 6.96. The lowest BCUT2D eigenvalue weighted by Crippen LogP contribution is -2.15. The molecule has 1 rings (SSSR count). The molecule has 0 atom stereocenters. The molecule has 0 saturated carbocycles. The first-order valence-electron chi connectivity index (χ1n) is 6.92. The van der Waals surface area contributed by atoms with E-state index in [9.17, 15) is 9.59 Å². The molecule has 0 heterocycles. The van der Waals surface area contributed by atoms with Crippen LogP contribution in [0.1, 0.15) is 43.7 Å². The van der Waals surface area contributed by atoms with E-state index in [1.54, 1.807) is 38.1 Å². The summed E-state index contributed by atoms with van der Waals surface area (Å²) in [6.07, 6.45) is 0.219. The summed E-state index contributed by atoms with van der Waals surface area (Å²) in [6, 6.07) is 8.87. The minimum atomic E-state index is -0.351. The van der Waals surface area contributed by atoms with E-state index < -0.39 is 0 Å². The Hall–Kier alpha value is -2.35. The van der Waals surface area contributed by atoms with Crippen LogP contribution in [0.3, 0.4) is 0 Å². The third kappa shape index (κ3) is 5.65. The molecule has 21 heavy (non-hydrogen) atoms. The van der Waals surface area contributed by atoms with Gasteiger partial charge >= 0.3 is 11.9 Å². The molecule has 0 spiro atoms. The Balaban J connectivity index is 2.86. The zero-order valence-corrected chi connectivity index (χ0v) is 12.3. The van der Waals surface area contributed by atoms with Crippen molar-refractivity contribution in [2.24, 2.45) is 0 Å². The van der Waals surface area contributed by atoms with Crippen molar-refractivity contribution in [2.45, 2.75) is 32.6 Å². The molecule has 0 aromatic heterocycles. The molecular weight excluding hydrogens is 270 g/mol. The largest absolute Gasteiger partial charge is 0.466 e. The topological polar surface area (TPSA) is 76.4 Å². The first-order valence-corrected chi connectivity index (χ1v) is 6.92. The second kappa shape index (κ2) is 8.75. The summed E-state index contributed by atoms with van der Waals surface area (Å²) in [5.74, 6) is -1.01. The second-order valence-corrected chi connectivity index (χ2v) is 4.45. The normalized spacial score (nSPS) is 10.0. The number of carbonyl (C=O) groups excluding carboxylic acids is 2. The number of nitriles is 1. The molecule has 0 aliphatic carbocycles. The van der Waals surface area contributed by atoms with Gasteiger partial charge in [0.1, 0.15) is 0 Å². The van der Waals surface area contributed by atoms with E-state index in [4.69, 9.17) is 14.7 Å². The van der Waals surface area contributed by atoms with E-state index in [0.29, 0.717) is 18.8 Å². The Morgan fingerprint density at radius 1 is 1.05 bits per heavy atom. The van der Waals surface area contributed by atoms with Gasteiger partial charge in [0.2, 0.25) is 0 Å². The third-order valence-corrected chi connectivity index (χ3v) is 2.95. The predicted octanol–water partition coefficient (Wildman–Crippen LogP) is 2.55. The summed E-state index contributed by atoms with van der Waals surface area (Å²) in [5.41, 5.74) is 1.35. The maximum atomic E-state index is 11.7. The molecule has 1 aromatic carbocycles. The average Bonchev–Trinajstić information content (AvgIpc) is 2.47. The summed E-state index contributed by atoms with van der Waals surface area (Å²) in [4.78, 5) is 23.3. The van der Waals surface area contributed by atoms with Crippen LogP contribution in [-0.2, 0) is 19.1 Å². The molecule has 0 fully saturated rings. The standard InChI is InChI=1S/C16H19NO4/c1-3-20-15(18)9-14(10-16(19)21-4-2)13-7-5-12(11-17)6-8-13/h5-8,14H,3-4,9-10H2,1-2H3. The minimum absolute atomic E-state index is 0.110. The molecule has 5 nitrogen and oxygen atoms in total. The zero-order valence-electron chi connectivity index (χ0n) is 12.3. The number of carbonyl (C=O) groups is 2. The lowest BCUT2D eigenvalue weighted by molar-refractivity contribution is -0.145. The van der Waals surface area contributed by atoms with Crippen molar-refractivity contribution >= 4 is 11.9 Å². The third-order valence-electron chi connectivity index (χ3n) is 2.95. The van der Waals surface area contributed by atoms with Crippen molar-refractivity contribution in [3.05, 3.63) is 35.4 Å². The molecular formula is C16H19NO4. The van der Waals surface area contributed by atoms with Crippen LogP contribution in [0.15, 0.2) is 24.3 Å². The lowest BCUT2D eigenvalue weighted by atomic mass is 9.92. The van der Waals surface area contributed by atoms with Gasteiger partial charge in [0.15, 0.2) is 0 Å². The molecule has 0 unspecified atom stereocenters. The van der Waals surface area contributed by atoms with Gasteiger partial charge in [-0.15, -0.1) is 0 Å². The molecule has 0 saturated heterocycles. The number of nitrogens with zero attached hydrogens (tertiary/aromatic N) is 1. The predicted molar refractivity (Wildman–Crippen MR) is 76.4 cm³/mol. The van der Waals surface area contributed by atoms with Crippen LogP contribution in [0, 0.1) is 11.3 Å². The summed E-state index contributed by atoms with van der Waals surface area (Å²) < 4.78 is 9.87. The smallest absolute Gasteiger partial charge is 0.306 e. The molecule has 5 heteroatoms. The highest BCUT2D eigenvalue weighted by Crippen LogP contribution is 2.25. The highest BCUT2D eigenvalue weighted by atomic mass is 16.5. The van der Waals surface area contributed by atoms with E-state index in [2.05, 4.69) is 0 Å². The van der Waals surface area contributed by atoms with Crippen LogP contribution in [-0.4, -0.2) is 25.2 Å². The number of ether oxygens (including phenoxy) is 2. The summed E-state index contributed by atoms with van der Waals surface area (Å²) >= 11 is 0. The van der Waals surface area contributed by atoms with Crippen molar-refractivity contribution in [3.8, 4) is 6.07 Å². The number of esters is 2. The Labute approximate surface area is 124 Å². The van der Waals surface area contributed by atoms with Crippen molar-refractivity contribution < 1.29 is 19.1 Å². The zero-order chi connectivity index (χ0) is 15.7. The van der Waals surface area contributed by atoms with Crippen molar-refractivity contribution in [2.75, 3.05) is 13.2 Å². The second-order valence-electron chi connectivity index (χ2n) is 4.45. The van der Waals surface area contributed by atoms with E-state index in [1.165, 1.54) is 0 Å². The Bertz CT molecular complexity index is 496. The van der Waals surface area contributed by atoms with E-state index in [1.807, 2.05) is 6.07 Å². The van der Waals surface area contributed by atoms with Crippen LogP contribution in [0.2, 0.25) is 0 Å². The van der Waals surface area contributed by atoms with Gasteiger partial charge in [-0.05, 0) is 31.5 Å². The highest BCUT2D eigenvalue weighted by molar-refractivity contribution is 5.74. The maximum Gasteiger partial charge on any atom is 0.306 e. The fourth-order valence-corrected chi connectivity index (χ4v) is 1.98. The van der Waals surface area contributed by atoms with Crippen LogP contribution in [0.25, 0.3) is 0 Å². The first-order chi connectivity index (χ1) is 10.1. The van der Waals surface area contributed by atoms with Gasteiger partial charge in [-0.1, -0.05) is 12.1 Å². The minimum Gasteiger partial charge on any atom is -0.466 e. The average molecular weight is 289 g/mol. The van der Waals surface area contributed by atoms with E-state index in [0.717, 1.165) is 5.56 Å².